The zero-order valence-corrected chi connectivity index (χ0v) is 14.3. The van der Waals surface area contributed by atoms with E-state index in [4.69, 9.17) is 0 Å². The summed E-state index contributed by atoms with van der Waals surface area (Å²) in [5.74, 6) is -0.474. The third-order valence-corrected chi connectivity index (χ3v) is 5.51. The number of hydrogen-bond donors (Lipinski definition) is 1. The second-order valence-corrected chi connectivity index (χ2v) is 8.17. The number of thioether (sulfide) groups is 1. The summed E-state index contributed by atoms with van der Waals surface area (Å²) in [4.78, 5) is 12.1. The zero-order chi connectivity index (χ0) is 16.2. The molecule has 1 heterocycles. The van der Waals surface area contributed by atoms with Gasteiger partial charge in [-0.2, -0.15) is 0 Å². The van der Waals surface area contributed by atoms with E-state index in [1.807, 2.05) is 6.26 Å². The van der Waals surface area contributed by atoms with Crippen molar-refractivity contribution in [2.45, 2.75) is 4.34 Å². The number of nitrogens with one attached hydrogen (secondary N) is 1. The van der Waals surface area contributed by atoms with Gasteiger partial charge < -0.3 is 0 Å². The second kappa shape index (κ2) is 7.07. The average Bonchev–Trinajstić information content (AvgIpc) is 2.92. The number of hydrogen-bond acceptors (Lipinski definition) is 7. The Hall–Kier alpha value is -1.65. The van der Waals surface area contributed by atoms with Gasteiger partial charge in [0.05, 0.1) is 11.9 Å². The fourth-order valence-electron chi connectivity index (χ4n) is 1.63. The van der Waals surface area contributed by atoms with Crippen LogP contribution in [0, 0.1) is 0 Å². The van der Waals surface area contributed by atoms with Crippen LogP contribution in [0.3, 0.4) is 0 Å². The van der Waals surface area contributed by atoms with Crippen LogP contribution in [0.15, 0.2) is 34.7 Å². The van der Waals surface area contributed by atoms with Crippen LogP contribution < -0.4 is 9.62 Å². The van der Waals surface area contributed by atoms with Gasteiger partial charge in [-0.3, -0.25) is 14.4 Å². The van der Waals surface area contributed by atoms with Crippen molar-refractivity contribution in [1.82, 2.24) is 10.2 Å². The fraction of sp³-hybridized carbons (Fsp3) is 0.250. The third-order valence-electron chi connectivity index (χ3n) is 2.56. The molecule has 1 amide bonds. The summed E-state index contributed by atoms with van der Waals surface area (Å²) in [5.41, 5.74) is 0.433. The van der Waals surface area contributed by atoms with Gasteiger partial charge in [0.1, 0.15) is 6.54 Å². The Morgan fingerprint density at radius 2 is 2.00 bits per heavy atom. The molecule has 0 atom stereocenters. The van der Waals surface area contributed by atoms with Gasteiger partial charge in [0.25, 0.3) is 0 Å². The summed E-state index contributed by atoms with van der Waals surface area (Å²) in [5, 5.41) is 10.6. The van der Waals surface area contributed by atoms with E-state index >= 15 is 0 Å². The number of benzene rings is 1. The summed E-state index contributed by atoms with van der Waals surface area (Å²) < 4.78 is 25.5. The Morgan fingerprint density at radius 3 is 2.55 bits per heavy atom. The standard InChI is InChI=1S/C12H14N4O3S3/c1-20-12-15-14-11(21-12)13-10(17)8-16(22(2,18)19)9-6-4-3-5-7-9/h3-7H,8H2,1-2H3,(H,13,14,17). The molecule has 0 aliphatic heterocycles. The molecule has 0 fully saturated rings. The fourth-order valence-corrected chi connectivity index (χ4v) is 3.67. The third kappa shape index (κ3) is 4.42. The van der Waals surface area contributed by atoms with Crippen molar-refractivity contribution in [2.75, 3.05) is 28.7 Å². The van der Waals surface area contributed by atoms with Gasteiger partial charge in [-0.1, -0.05) is 41.3 Å². The van der Waals surface area contributed by atoms with Crippen LogP contribution in [0.5, 0.6) is 0 Å². The molecular formula is C12H14N4O3S3. The smallest absolute Gasteiger partial charge is 0.246 e. The van der Waals surface area contributed by atoms with E-state index in [0.29, 0.717) is 10.8 Å². The molecule has 0 aliphatic carbocycles. The first-order chi connectivity index (χ1) is 10.4. The second-order valence-electron chi connectivity index (χ2n) is 4.23. The van der Waals surface area contributed by atoms with Crippen LogP contribution in [0.25, 0.3) is 0 Å². The molecule has 0 bridgehead atoms. The number of aromatic nitrogens is 2. The van der Waals surface area contributed by atoms with Crippen molar-refractivity contribution in [1.29, 1.82) is 0 Å². The number of carbonyl (C=O) groups is 1. The Balaban J connectivity index is 2.12. The first kappa shape index (κ1) is 16.7. The quantitative estimate of drug-likeness (QED) is 0.624. The van der Waals surface area contributed by atoms with Gasteiger partial charge in [-0.15, -0.1) is 10.2 Å². The zero-order valence-electron chi connectivity index (χ0n) is 11.9. The first-order valence-electron chi connectivity index (χ1n) is 6.10. The highest BCUT2D eigenvalue weighted by Gasteiger charge is 2.21. The summed E-state index contributed by atoms with van der Waals surface area (Å²) >= 11 is 2.65. The lowest BCUT2D eigenvalue weighted by Gasteiger charge is -2.21. The van der Waals surface area contributed by atoms with Crippen LogP contribution >= 0.6 is 23.1 Å². The van der Waals surface area contributed by atoms with Gasteiger partial charge in [-0.05, 0) is 18.4 Å². The maximum absolute atomic E-state index is 12.1. The van der Waals surface area contributed by atoms with E-state index in [2.05, 4.69) is 15.5 Å². The molecule has 1 aromatic heterocycles. The topological polar surface area (TPSA) is 92.3 Å². The Morgan fingerprint density at radius 1 is 1.32 bits per heavy atom. The number of nitrogens with zero attached hydrogens (tertiary/aromatic N) is 3. The molecule has 7 nitrogen and oxygen atoms in total. The van der Waals surface area contributed by atoms with E-state index < -0.39 is 15.9 Å². The number of para-hydroxylation sites is 1. The first-order valence-corrected chi connectivity index (χ1v) is 9.99. The molecule has 1 aromatic carbocycles. The molecule has 2 rings (SSSR count). The molecular weight excluding hydrogens is 344 g/mol. The predicted octanol–water partition coefficient (Wildman–Crippen LogP) is 1.66. The summed E-state index contributed by atoms with van der Waals surface area (Å²) in [7, 11) is -3.57. The molecule has 0 radical (unpaired) electrons. The summed E-state index contributed by atoms with van der Waals surface area (Å²) in [6, 6.07) is 8.45. The Bertz CT molecular complexity index is 746. The lowest BCUT2D eigenvalue weighted by atomic mass is 10.3. The molecule has 0 saturated carbocycles. The maximum Gasteiger partial charge on any atom is 0.246 e. The monoisotopic (exact) mass is 358 g/mol. The number of sulfonamides is 1. The molecule has 22 heavy (non-hydrogen) atoms. The minimum Gasteiger partial charge on any atom is -0.299 e. The van der Waals surface area contributed by atoms with Gasteiger partial charge in [0, 0.05) is 0 Å². The minimum absolute atomic E-state index is 0.322. The molecule has 0 aliphatic rings. The normalized spacial score (nSPS) is 11.2. The highest BCUT2D eigenvalue weighted by molar-refractivity contribution is 8.00. The molecule has 1 N–H and O–H groups in total. The van der Waals surface area contributed by atoms with Gasteiger partial charge in [0.15, 0.2) is 4.34 Å². The molecule has 0 saturated heterocycles. The van der Waals surface area contributed by atoms with Crippen molar-refractivity contribution in [2.24, 2.45) is 0 Å². The highest BCUT2D eigenvalue weighted by Crippen LogP contribution is 2.23. The van der Waals surface area contributed by atoms with Gasteiger partial charge in [-0.25, -0.2) is 8.42 Å². The molecule has 10 heteroatoms. The minimum atomic E-state index is -3.57. The lowest BCUT2D eigenvalue weighted by Crippen LogP contribution is -2.37. The summed E-state index contributed by atoms with van der Waals surface area (Å²) in [6.45, 7) is -0.322. The van der Waals surface area contributed by atoms with Crippen LogP contribution in [-0.2, 0) is 14.8 Å². The van der Waals surface area contributed by atoms with Crippen molar-refractivity contribution in [3.8, 4) is 0 Å². The molecule has 0 unspecified atom stereocenters. The van der Waals surface area contributed by atoms with Crippen molar-refractivity contribution in [3.05, 3.63) is 30.3 Å². The van der Waals surface area contributed by atoms with E-state index in [9.17, 15) is 13.2 Å². The number of carbonyl (C=O) groups excluding carboxylic acids is 1. The largest absolute Gasteiger partial charge is 0.299 e. The average molecular weight is 358 g/mol. The van der Waals surface area contributed by atoms with E-state index in [1.54, 1.807) is 30.3 Å². The van der Waals surface area contributed by atoms with Gasteiger partial charge >= 0.3 is 0 Å². The van der Waals surface area contributed by atoms with Crippen molar-refractivity contribution >= 4 is 49.8 Å². The van der Waals surface area contributed by atoms with Crippen molar-refractivity contribution < 1.29 is 13.2 Å². The predicted molar refractivity (Wildman–Crippen MR) is 89.0 cm³/mol. The van der Waals surface area contributed by atoms with Gasteiger partial charge in [0.2, 0.25) is 21.1 Å². The SMILES string of the molecule is CSc1nnc(NC(=O)CN(c2ccccc2)S(C)(=O)=O)s1. The Kier molecular flexibility index (Phi) is 5.37. The molecule has 0 spiro atoms. The van der Waals surface area contributed by atoms with E-state index in [0.717, 1.165) is 14.9 Å². The number of anilines is 2. The van der Waals surface area contributed by atoms with Crippen molar-refractivity contribution in [3.63, 3.8) is 0 Å². The Labute approximate surface area is 136 Å². The number of rotatable bonds is 6. The summed E-state index contributed by atoms with van der Waals surface area (Å²) in [6.07, 6.45) is 2.91. The van der Waals surface area contributed by atoms with Crippen LogP contribution in [-0.4, -0.2) is 43.6 Å². The van der Waals surface area contributed by atoms with Crippen LogP contribution in [0.4, 0.5) is 10.8 Å². The molecule has 2 aromatic rings. The lowest BCUT2D eigenvalue weighted by molar-refractivity contribution is -0.114. The highest BCUT2D eigenvalue weighted by atomic mass is 32.2. The van der Waals surface area contributed by atoms with Crippen LogP contribution in [0.2, 0.25) is 0 Å². The molecule has 118 valence electrons. The van der Waals surface area contributed by atoms with E-state index in [1.165, 1.54) is 23.1 Å². The maximum atomic E-state index is 12.1. The van der Waals surface area contributed by atoms with Crippen LogP contribution in [0.1, 0.15) is 0 Å². The number of amides is 1. The van der Waals surface area contributed by atoms with E-state index in [-0.39, 0.29) is 6.54 Å².